The largest absolute Gasteiger partial charge is 0.390 e. The molecular formula is C11H19N3O2. The van der Waals surface area contributed by atoms with Crippen molar-refractivity contribution in [2.24, 2.45) is 0 Å². The molecule has 1 N–H and O–H groups in total. The van der Waals surface area contributed by atoms with Gasteiger partial charge in [0.2, 0.25) is 0 Å². The van der Waals surface area contributed by atoms with E-state index in [4.69, 9.17) is 4.74 Å². The van der Waals surface area contributed by atoms with Crippen LogP contribution < -0.4 is 0 Å². The quantitative estimate of drug-likeness (QED) is 0.810. The van der Waals surface area contributed by atoms with Gasteiger partial charge in [0.15, 0.2) is 0 Å². The third-order valence-electron chi connectivity index (χ3n) is 3.06. The van der Waals surface area contributed by atoms with Gasteiger partial charge in [-0.15, -0.1) is 5.10 Å². The summed E-state index contributed by atoms with van der Waals surface area (Å²) in [5.74, 6) is 0. The Labute approximate surface area is 95.4 Å². The predicted octanol–water partition coefficient (Wildman–Crippen LogP) is 0.943. The van der Waals surface area contributed by atoms with Gasteiger partial charge in [0.1, 0.15) is 0 Å². The molecule has 1 aliphatic rings. The molecule has 1 unspecified atom stereocenters. The second kappa shape index (κ2) is 5.41. The lowest BCUT2D eigenvalue weighted by Crippen LogP contribution is -2.17. The van der Waals surface area contributed by atoms with Crippen LogP contribution in [0.3, 0.4) is 0 Å². The molecule has 5 nitrogen and oxygen atoms in total. The lowest BCUT2D eigenvalue weighted by Gasteiger charge is -2.07. The molecule has 0 saturated heterocycles. The minimum atomic E-state index is -0.487. The van der Waals surface area contributed by atoms with E-state index in [1.807, 2.05) is 10.9 Å². The number of ether oxygens (including phenoxy) is 1. The molecule has 0 amide bonds. The molecule has 90 valence electrons. The zero-order valence-corrected chi connectivity index (χ0v) is 9.67. The molecule has 1 aromatic heterocycles. The third-order valence-corrected chi connectivity index (χ3v) is 3.06. The van der Waals surface area contributed by atoms with Crippen LogP contribution in [0, 0.1) is 0 Å². The van der Waals surface area contributed by atoms with Crippen molar-refractivity contribution in [3.63, 3.8) is 0 Å². The van der Waals surface area contributed by atoms with Gasteiger partial charge in [0.25, 0.3) is 0 Å². The Morgan fingerprint density at radius 2 is 2.31 bits per heavy atom. The minimum absolute atomic E-state index is 0.344. The second-order valence-electron chi connectivity index (χ2n) is 4.44. The lowest BCUT2D eigenvalue weighted by molar-refractivity contribution is 0.0644. The van der Waals surface area contributed by atoms with Crippen LogP contribution in [0.2, 0.25) is 0 Å². The number of methoxy groups -OCH3 is 1. The van der Waals surface area contributed by atoms with Crippen LogP contribution in [-0.2, 0) is 11.2 Å². The highest BCUT2D eigenvalue weighted by atomic mass is 16.5. The molecule has 0 aliphatic heterocycles. The smallest absolute Gasteiger partial charge is 0.0853 e. The second-order valence-corrected chi connectivity index (χ2v) is 4.44. The number of hydrogen-bond acceptors (Lipinski definition) is 4. The Morgan fingerprint density at radius 3 is 3.00 bits per heavy atom. The van der Waals surface area contributed by atoms with Gasteiger partial charge in [0, 0.05) is 19.7 Å². The summed E-state index contributed by atoms with van der Waals surface area (Å²) in [6.07, 6.45) is 6.94. The van der Waals surface area contributed by atoms with E-state index in [1.54, 1.807) is 7.11 Å². The first-order valence-electron chi connectivity index (χ1n) is 5.87. The molecule has 1 atom stereocenters. The Bertz CT molecular complexity index is 321. The Morgan fingerprint density at radius 1 is 1.56 bits per heavy atom. The zero-order chi connectivity index (χ0) is 11.4. The molecule has 1 fully saturated rings. The highest BCUT2D eigenvalue weighted by Crippen LogP contribution is 2.28. The Balaban J connectivity index is 1.91. The Kier molecular flexibility index (Phi) is 3.90. The fourth-order valence-corrected chi connectivity index (χ4v) is 2.25. The molecule has 1 aliphatic carbocycles. The molecule has 1 saturated carbocycles. The maximum atomic E-state index is 9.58. The average Bonchev–Trinajstić information content (AvgIpc) is 2.86. The van der Waals surface area contributed by atoms with Crippen molar-refractivity contribution < 1.29 is 9.84 Å². The van der Waals surface area contributed by atoms with Crippen LogP contribution in [0.5, 0.6) is 0 Å². The summed E-state index contributed by atoms with van der Waals surface area (Å²) in [6.45, 7) is 0.344. The van der Waals surface area contributed by atoms with Crippen LogP contribution >= 0.6 is 0 Å². The van der Waals surface area contributed by atoms with E-state index in [9.17, 15) is 5.11 Å². The van der Waals surface area contributed by atoms with E-state index in [2.05, 4.69) is 10.3 Å². The number of hydrogen-bond donors (Lipinski definition) is 1. The first kappa shape index (κ1) is 11.5. The van der Waals surface area contributed by atoms with Crippen molar-refractivity contribution >= 4 is 0 Å². The van der Waals surface area contributed by atoms with Crippen LogP contribution in [0.4, 0.5) is 0 Å². The van der Waals surface area contributed by atoms with Crippen molar-refractivity contribution in [1.82, 2.24) is 15.0 Å². The zero-order valence-electron chi connectivity index (χ0n) is 9.67. The lowest BCUT2D eigenvalue weighted by atomic mass is 10.2. The fourth-order valence-electron chi connectivity index (χ4n) is 2.25. The van der Waals surface area contributed by atoms with Gasteiger partial charge >= 0.3 is 0 Å². The average molecular weight is 225 g/mol. The first-order chi connectivity index (χ1) is 7.79. The molecular weight excluding hydrogens is 206 g/mol. The fraction of sp³-hybridized carbons (Fsp3) is 0.818. The summed E-state index contributed by atoms with van der Waals surface area (Å²) in [5.41, 5.74) is 0.844. The third kappa shape index (κ3) is 2.80. The molecule has 0 spiro atoms. The van der Waals surface area contributed by atoms with Gasteiger partial charge in [-0.2, -0.15) is 0 Å². The summed E-state index contributed by atoms with van der Waals surface area (Å²) in [5, 5.41) is 17.8. The normalized spacial score (nSPS) is 19.1. The highest BCUT2D eigenvalue weighted by Gasteiger charge is 2.18. The van der Waals surface area contributed by atoms with Gasteiger partial charge in [-0.25, -0.2) is 4.68 Å². The number of nitrogens with zero attached hydrogens (tertiary/aromatic N) is 3. The SMILES string of the molecule is COCC(O)Cc1cn(C2CCCC2)nn1. The Hall–Kier alpha value is -0.940. The summed E-state index contributed by atoms with van der Waals surface area (Å²) in [7, 11) is 1.58. The number of aliphatic hydroxyl groups excluding tert-OH is 1. The summed E-state index contributed by atoms with van der Waals surface area (Å²) in [6, 6.07) is 0.515. The van der Waals surface area contributed by atoms with Crippen LogP contribution in [0.1, 0.15) is 37.4 Å². The highest BCUT2D eigenvalue weighted by molar-refractivity contribution is 4.96. The van der Waals surface area contributed by atoms with E-state index >= 15 is 0 Å². The van der Waals surface area contributed by atoms with E-state index < -0.39 is 6.10 Å². The van der Waals surface area contributed by atoms with Gasteiger partial charge < -0.3 is 9.84 Å². The van der Waals surface area contributed by atoms with E-state index in [0.717, 1.165) is 5.69 Å². The molecule has 5 heteroatoms. The molecule has 16 heavy (non-hydrogen) atoms. The van der Waals surface area contributed by atoms with Crippen LogP contribution in [-0.4, -0.2) is 39.9 Å². The van der Waals surface area contributed by atoms with Crippen molar-refractivity contribution in [2.45, 2.75) is 44.2 Å². The molecule has 1 heterocycles. The minimum Gasteiger partial charge on any atom is -0.390 e. The van der Waals surface area contributed by atoms with Crippen molar-refractivity contribution in [3.05, 3.63) is 11.9 Å². The maximum Gasteiger partial charge on any atom is 0.0853 e. The number of aromatic nitrogens is 3. The van der Waals surface area contributed by atoms with Crippen molar-refractivity contribution in [3.8, 4) is 0 Å². The molecule has 0 radical (unpaired) electrons. The van der Waals surface area contributed by atoms with E-state index in [1.165, 1.54) is 25.7 Å². The monoisotopic (exact) mass is 225 g/mol. The predicted molar refractivity (Wildman–Crippen MR) is 59.1 cm³/mol. The molecule has 0 bridgehead atoms. The van der Waals surface area contributed by atoms with Gasteiger partial charge in [0.05, 0.1) is 24.4 Å². The summed E-state index contributed by atoms with van der Waals surface area (Å²) < 4.78 is 6.82. The molecule has 2 rings (SSSR count). The van der Waals surface area contributed by atoms with E-state index in [-0.39, 0.29) is 0 Å². The number of aliphatic hydroxyl groups is 1. The van der Waals surface area contributed by atoms with Gasteiger partial charge in [-0.1, -0.05) is 18.1 Å². The topological polar surface area (TPSA) is 60.2 Å². The molecule has 0 aromatic carbocycles. The van der Waals surface area contributed by atoms with Gasteiger partial charge in [-0.3, -0.25) is 0 Å². The summed E-state index contributed by atoms with van der Waals surface area (Å²) in [4.78, 5) is 0. The van der Waals surface area contributed by atoms with E-state index in [0.29, 0.717) is 19.1 Å². The number of rotatable bonds is 5. The standard InChI is InChI=1S/C11H19N3O2/c1-16-8-11(15)6-9-7-14(13-12-9)10-4-2-3-5-10/h7,10-11,15H,2-6,8H2,1H3. The first-order valence-corrected chi connectivity index (χ1v) is 5.87. The van der Waals surface area contributed by atoms with Crippen molar-refractivity contribution in [1.29, 1.82) is 0 Å². The van der Waals surface area contributed by atoms with Crippen LogP contribution in [0.15, 0.2) is 6.20 Å². The maximum absolute atomic E-state index is 9.58. The van der Waals surface area contributed by atoms with Crippen LogP contribution in [0.25, 0.3) is 0 Å². The molecule has 1 aromatic rings. The van der Waals surface area contributed by atoms with Gasteiger partial charge in [-0.05, 0) is 12.8 Å². The summed E-state index contributed by atoms with van der Waals surface area (Å²) >= 11 is 0. The van der Waals surface area contributed by atoms with Crippen molar-refractivity contribution in [2.75, 3.05) is 13.7 Å².